The Labute approximate surface area is 121 Å². The van der Waals surface area contributed by atoms with E-state index in [0.29, 0.717) is 24.0 Å². The van der Waals surface area contributed by atoms with E-state index in [1.54, 1.807) is 11.8 Å². The second-order valence-corrected chi connectivity index (χ2v) is 8.05. The summed E-state index contributed by atoms with van der Waals surface area (Å²) in [5, 5.41) is 3.19. The van der Waals surface area contributed by atoms with Crippen molar-refractivity contribution in [2.45, 2.75) is 31.2 Å². The molecular weight excluding hydrogens is 278 g/mol. The van der Waals surface area contributed by atoms with E-state index < -0.39 is 9.84 Å². The van der Waals surface area contributed by atoms with E-state index in [2.05, 4.69) is 36.5 Å². The predicted octanol–water partition coefficient (Wildman–Crippen LogP) is 2.88. The lowest BCUT2D eigenvalue weighted by molar-refractivity contribution is 0.596. The van der Waals surface area contributed by atoms with Crippen LogP contribution in [0.15, 0.2) is 29.2 Å². The van der Waals surface area contributed by atoms with E-state index >= 15 is 0 Å². The molecule has 0 radical (unpaired) electrons. The number of nitrogens with one attached hydrogen (secondary N) is 1. The standard InChI is InChI=1S/C14H23NO2S2/c1-4-10-19(16,17)11-9-18-14-7-5-13(6-8-14)12(2)15-3/h5-8,12,15H,4,9-11H2,1-3H3. The molecule has 0 saturated heterocycles. The summed E-state index contributed by atoms with van der Waals surface area (Å²) in [5.41, 5.74) is 1.24. The maximum absolute atomic E-state index is 11.6. The van der Waals surface area contributed by atoms with Gasteiger partial charge < -0.3 is 5.32 Å². The van der Waals surface area contributed by atoms with Gasteiger partial charge in [-0.05, 0) is 38.1 Å². The fraction of sp³-hybridized carbons (Fsp3) is 0.571. The number of benzene rings is 1. The summed E-state index contributed by atoms with van der Waals surface area (Å²) in [6, 6.07) is 8.62. The van der Waals surface area contributed by atoms with Crippen LogP contribution in [0.2, 0.25) is 0 Å². The average Bonchev–Trinajstić information content (AvgIpc) is 2.38. The molecule has 3 nitrogen and oxygen atoms in total. The molecule has 0 bridgehead atoms. The average molecular weight is 301 g/mol. The fourth-order valence-corrected chi connectivity index (χ4v) is 4.46. The lowest BCUT2D eigenvalue weighted by atomic mass is 10.1. The maximum atomic E-state index is 11.6. The van der Waals surface area contributed by atoms with Crippen LogP contribution in [0.5, 0.6) is 0 Å². The molecule has 1 rings (SSSR count). The van der Waals surface area contributed by atoms with Crippen LogP contribution in [0, 0.1) is 0 Å². The van der Waals surface area contributed by atoms with Crippen LogP contribution < -0.4 is 5.32 Å². The summed E-state index contributed by atoms with van der Waals surface area (Å²) < 4.78 is 23.2. The third-order valence-corrected chi connectivity index (χ3v) is 6.12. The van der Waals surface area contributed by atoms with Gasteiger partial charge in [-0.2, -0.15) is 0 Å². The Hall–Kier alpha value is -0.520. The van der Waals surface area contributed by atoms with Gasteiger partial charge in [0.1, 0.15) is 0 Å². The van der Waals surface area contributed by atoms with Crippen LogP contribution in [-0.4, -0.2) is 32.7 Å². The Morgan fingerprint density at radius 2 is 1.84 bits per heavy atom. The second kappa shape index (κ2) is 7.92. The second-order valence-electron chi connectivity index (χ2n) is 4.58. The highest BCUT2D eigenvalue weighted by atomic mass is 32.2. The van der Waals surface area contributed by atoms with Gasteiger partial charge in [0, 0.05) is 22.4 Å². The first-order valence-electron chi connectivity index (χ1n) is 6.59. The van der Waals surface area contributed by atoms with Crippen LogP contribution in [0.3, 0.4) is 0 Å². The number of rotatable bonds is 8. The van der Waals surface area contributed by atoms with E-state index in [1.165, 1.54) is 5.56 Å². The van der Waals surface area contributed by atoms with Gasteiger partial charge in [-0.1, -0.05) is 19.1 Å². The number of hydrogen-bond acceptors (Lipinski definition) is 4. The van der Waals surface area contributed by atoms with Crippen molar-refractivity contribution >= 4 is 21.6 Å². The summed E-state index contributed by atoms with van der Waals surface area (Å²) in [4.78, 5) is 1.12. The first kappa shape index (κ1) is 16.5. The first-order valence-corrected chi connectivity index (χ1v) is 9.39. The zero-order valence-electron chi connectivity index (χ0n) is 11.8. The lowest BCUT2D eigenvalue weighted by Gasteiger charge is -2.11. The van der Waals surface area contributed by atoms with E-state index in [-0.39, 0.29) is 5.75 Å². The van der Waals surface area contributed by atoms with Crippen LogP contribution in [0.1, 0.15) is 31.9 Å². The van der Waals surface area contributed by atoms with Gasteiger partial charge in [0.05, 0.1) is 5.75 Å². The molecule has 0 aromatic heterocycles. The topological polar surface area (TPSA) is 46.2 Å². The first-order chi connectivity index (χ1) is 8.98. The van der Waals surface area contributed by atoms with Crippen molar-refractivity contribution in [2.24, 2.45) is 0 Å². The van der Waals surface area contributed by atoms with Crippen molar-refractivity contribution in [3.8, 4) is 0 Å². The fourth-order valence-electron chi connectivity index (χ4n) is 1.72. The molecule has 108 valence electrons. The molecule has 1 atom stereocenters. The van der Waals surface area contributed by atoms with Crippen LogP contribution in [0.4, 0.5) is 0 Å². The summed E-state index contributed by atoms with van der Waals surface area (Å²) in [7, 11) is -0.922. The highest BCUT2D eigenvalue weighted by molar-refractivity contribution is 8.00. The molecule has 0 heterocycles. The molecule has 0 fully saturated rings. The molecular formula is C14H23NO2S2. The van der Waals surface area contributed by atoms with Crippen molar-refractivity contribution in [2.75, 3.05) is 24.3 Å². The molecule has 0 amide bonds. The van der Waals surface area contributed by atoms with E-state index in [4.69, 9.17) is 0 Å². The SMILES string of the molecule is CCCS(=O)(=O)CCSc1ccc(C(C)NC)cc1. The minimum atomic E-state index is -2.86. The van der Waals surface area contributed by atoms with Crippen molar-refractivity contribution in [3.63, 3.8) is 0 Å². The van der Waals surface area contributed by atoms with Crippen LogP contribution in [-0.2, 0) is 9.84 Å². The maximum Gasteiger partial charge on any atom is 0.151 e. The van der Waals surface area contributed by atoms with E-state index in [9.17, 15) is 8.42 Å². The molecule has 0 saturated carbocycles. The highest BCUT2D eigenvalue weighted by Gasteiger charge is 2.09. The zero-order chi connectivity index (χ0) is 14.3. The Kier molecular flexibility index (Phi) is 6.89. The minimum absolute atomic E-state index is 0.264. The summed E-state index contributed by atoms with van der Waals surface area (Å²) in [5.74, 6) is 1.19. The predicted molar refractivity (Wildman–Crippen MR) is 83.6 cm³/mol. The Morgan fingerprint density at radius 3 is 2.37 bits per heavy atom. The molecule has 19 heavy (non-hydrogen) atoms. The van der Waals surface area contributed by atoms with Gasteiger partial charge in [-0.25, -0.2) is 8.42 Å². The van der Waals surface area contributed by atoms with Gasteiger partial charge in [0.15, 0.2) is 9.84 Å². The Morgan fingerprint density at radius 1 is 1.21 bits per heavy atom. The van der Waals surface area contributed by atoms with Gasteiger partial charge in [0.25, 0.3) is 0 Å². The third kappa shape index (κ3) is 5.97. The van der Waals surface area contributed by atoms with Gasteiger partial charge in [-0.15, -0.1) is 11.8 Å². The molecule has 1 unspecified atom stereocenters. The van der Waals surface area contributed by atoms with Crippen molar-refractivity contribution in [1.29, 1.82) is 0 Å². The number of sulfone groups is 1. The largest absolute Gasteiger partial charge is 0.313 e. The zero-order valence-corrected chi connectivity index (χ0v) is 13.5. The molecule has 1 aromatic rings. The molecule has 0 aliphatic rings. The third-order valence-electron chi connectivity index (χ3n) is 2.99. The molecule has 1 N–H and O–H groups in total. The molecule has 0 aliphatic carbocycles. The van der Waals surface area contributed by atoms with Crippen molar-refractivity contribution in [1.82, 2.24) is 5.32 Å². The van der Waals surface area contributed by atoms with Crippen molar-refractivity contribution in [3.05, 3.63) is 29.8 Å². The van der Waals surface area contributed by atoms with Gasteiger partial charge >= 0.3 is 0 Å². The normalized spacial score (nSPS) is 13.4. The monoisotopic (exact) mass is 301 g/mol. The van der Waals surface area contributed by atoms with E-state index in [1.807, 2.05) is 14.0 Å². The van der Waals surface area contributed by atoms with Crippen LogP contribution >= 0.6 is 11.8 Å². The van der Waals surface area contributed by atoms with Crippen LogP contribution in [0.25, 0.3) is 0 Å². The molecule has 1 aromatic carbocycles. The molecule has 5 heteroatoms. The summed E-state index contributed by atoms with van der Waals surface area (Å²) in [6.45, 7) is 4.01. The highest BCUT2D eigenvalue weighted by Crippen LogP contribution is 2.21. The number of thioether (sulfide) groups is 1. The summed E-state index contributed by atoms with van der Waals surface area (Å²) in [6.07, 6.45) is 0.698. The number of hydrogen-bond donors (Lipinski definition) is 1. The minimum Gasteiger partial charge on any atom is -0.313 e. The Balaban J connectivity index is 2.46. The molecule has 0 spiro atoms. The van der Waals surface area contributed by atoms with Gasteiger partial charge in [-0.3, -0.25) is 0 Å². The quantitative estimate of drug-likeness (QED) is 0.750. The molecule has 0 aliphatic heterocycles. The Bertz CT molecular complexity index is 469. The smallest absolute Gasteiger partial charge is 0.151 e. The lowest BCUT2D eigenvalue weighted by Crippen LogP contribution is -2.12. The van der Waals surface area contributed by atoms with Gasteiger partial charge in [0.2, 0.25) is 0 Å². The van der Waals surface area contributed by atoms with E-state index in [0.717, 1.165) is 4.90 Å². The summed E-state index contributed by atoms with van der Waals surface area (Å²) >= 11 is 1.60. The van der Waals surface area contributed by atoms with Crippen molar-refractivity contribution < 1.29 is 8.42 Å².